The van der Waals surface area contributed by atoms with E-state index in [2.05, 4.69) is 10.5 Å². The second-order valence-corrected chi connectivity index (χ2v) is 7.38. The predicted molar refractivity (Wildman–Crippen MR) is 128 cm³/mol. The lowest BCUT2D eigenvalue weighted by Crippen LogP contribution is -2.24. The largest absolute Gasteiger partial charge is 0.484 e. The summed E-state index contributed by atoms with van der Waals surface area (Å²) in [6.07, 6.45) is 1.50. The van der Waals surface area contributed by atoms with Crippen molar-refractivity contribution in [2.75, 3.05) is 6.61 Å². The summed E-state index contributed by atoms with van der Waals surface area (Å²) in [7, 11) is 0. The number of carbonyl (C=O) groups excluding carboxylic acids is 2. The third-order valence-corrected chi connectivity index (χ3v) is 4.86. The lowest BCUT2D eigenvalue weighted by molar-refractivity contribution is -0.123. The van der Waals surface area contributed by atoms with Crippen LogP contribution in [0.15, 0.2) is 96.1 Å². The zero-order chi connectivity index (χ0) is 23.0. The Morgan fingerprint density at radius 3 is 2.45 bits per heavy atom. The second kappa shape index (κ2) is 10.2. The first-order valence-electron chi connectivity index (χ1n) is 10.4. The molecule has 0 aliphatic carbocycles. The van der Waals surface area contributed by atoms with E-state index in [9.17, 15) is 9.59 Å². The fourth-order valence-electron chi connectivity index (χ4n) is 3.25. The number of hydrazone groups is 1. The summed E-state index contributed by atoms with van der Waals surface area (Å²) in [5.74, 6) is 0.255. The smallest absolute Gasteiger partial charge is 0.344 e. The van der Waals surface area contributed by atoms with Crippen LogP contribution < -0.4 is 14.9 Å². The summed E-state index contributed by atoms with van der Waals surface area (Å²) in [6, 6.07) is 27.5. The number of rotatable bonds is 7. The number of nitrogens with one attached hydrogen (secondary N) is 1. The summed E-state index contributed by atoms with van der Waals surface area (Å²) < 4.78 is 11.0. The van der Waals surface area contributed by atoms with Gasteiger partial charge in [-0.2, -0.15) is 5.10 Å². The number of amides is 1. The highest BCUT2D eigenvalue weighted by Crippen LogP contribution is 2.21. The van der Waals surface area contributed by atoms with Gasteiger partial charge in [0.25, 0.3) is 5.91 Å². The second-order valence-electron chi connectivity index (χ2n) is 7.38. The minimum Gasteiger partial charge on any atom is -0.484 e. The van der Waals surface area contributed by atoms with Gasteiger partial charge in [-0.15, -0.1) is 0 Å². The van der Waals surface area contributed by atoms with Gasteiger partial charge in [-0.1, -0.05) is 48.5 Å². The average molecular weight is 438 g/mol. The first-order valence-corrected chi connectivity index (χ1v) is 10.4. The van der Waals surface area contributed by atoms with E-state index in [0.29, 0.717) is 17.1 Å². The molecule has 0 spiro atoms. The highest BCUT2D eigenvalue weighted by Gasteiger charge is 2.12. The summed E-state index contributed by atoms with van der Waals surface area (Å²) >= 11 is 0. The third-order valence-electron chi connectivity index (χ3n) is 4.86. The molecule has 0 aliphatic heterocycles. The molecule has 33 heavy (non-hydrogen) atoms. The van der Waals surface area contributed by atoms with Gasteiger partial charge in [-0.05, 0) is 71.3 Å². The maximum absolute atomic E-state index is 12.6. The van der Waals surface area contributed by atoms with Crippen molar-refractivity contribution >= 4 is 28.9 Å². The summed E-state index contributed by atoms with van der Waals surface area (Å²) in [5, 5.41) is 5.75. The van der Waals surface area contributed by atoms with Gasteiger partial charge >= 0.3 is 5.97 Å². The van der Waals surface area contributed by atoms with Gasteiger partial charge in [0.2, 0.25) is 0 Å². The Kier molecular flexibility index (Phi) is 6.75. The Bertz CT molecular complexity index is 1310. The molecule has 0 saturated carbocycles. The van der Waals surface area contributed by atoms with Gasteiger partial charge in [-0.3, -0.25) is 4.79 Å². The minimum absolute atomic E-state index is 0.135. The number of benzene rings is 4. The lowest BCUT2D eigenvalue weighted by Gasteiger charge is -2.07. The maximum atomic E-state index is 12.6. The van der Waals surface area contributed by atoms with Gasteiger partial charge in [0, 0.05) is 0 Å². The molecule has 0 aliphatic rings. The molecule has 1 amide bonds. The van der Waals surface area contributed by atoms with Crippen molar-refractivity contribution in [2.24, 2.45) is 5.10 Å². The fraction of sp³-hybridized carbons (Fsp3) is 0.0741. The molecule has 4 aromatic rings. The number of hydrogen-bond acceptors (Lipinski definition) is 5. The zero-order valence-corrected chi connectivity index (χ0v) is 18.0. The molecule has 0 radical (unpaired) electrons. The number of fused-ring (bicyclic) bond motifs is 1. The molecule has 0 saturated heterocycles. The number of carbonyl (C=O) groups is 2. The zero-order valence-electron chi connectivity index (χ0n) is 18.0. The van der Waals surface area contributed by atoms with Crippen LogP contribution in [0.1, 0.15) is 21.5 Å². The Morgan fingerprint density at radius 1 is 0.879 bits per heavy atom. The molecule has 4 rings (SSSR count). The molecule has 0 unspecified atom stereocenters. The molecular formula is C27H22N2O4. The molecule has 0 bridgehead atoms. The molecule has 164 valence electrons. The molecule has 0 heterocycles. The highest BCUT2D eigenvalue weighted by molar-refractivity contribution is 6.05. The molecule has 4 aromatic carbocycles. The van der Waals surface area contributed by atoms with Crippen molar-refractivity contribution in [1.29, 1.82) is 0 Å². The standard InChI is InChI=1S/C27H22N2O4/c1-19-6-4-9-23(16-19)32-18-26(30)29-28-17-20-12-14-22(15-13-20)33-27(31)25-11-5-8-21-7-2-3-10-24(21)25/h2-17H,18H2,1H3,(H,29,30). The van der Waals surface area contributed by atoms with Gasteiger partial charge < -0.3 is 9.47 Å². The minimum atomic E-state index is -0.422. The van der Waals surface area contributed by atoms with Crippen LogP contribution in [0, 0.1) is 6.92 Å². The fourth-order valence-corrected chi connectivity index (χ4v) is 3.25. The highest BCUT2D eigenvalue weighted by atomic mass is 16.5. The summed E-state index contributed by atoms with van der Waals surface area (Å²) in [5.41, 5.74) is 4.72. The van der Waals surface area contributed by atoms with Crippen LogP contribution in [0.4, 0.5) is 0 Å². The number of aryl methyl sites for hydroxylation is 1. The van der Waals surface area contributed by atoms with Crippen molar-refractivity contribution in [3.63, 3.8) is 0 Å². The summed E-state index contributed by atoms with van der Waals surface area (Å²) in [4.78, 5) is 24.5. The van der Waals surface area contributed by atoms with Crippen LogP contribution in [0.25, 0.3) is 10.8 Å². The van der Waals surface area contributed by atoms with Crippen LogP contribution in [0.2, 0.25) is 0 Å². The number of esters is 1. The van der Waals surface area contributed by atoms with Crippen molar-refractivity contribution in [3.8, 4) is 11.5 Å². The van der Waals surface area contributed by atoms with Crippen LogP contribution in [0.3, 0.4) is 0 Å². The molecule has 0 fully saturated rings. The topological polar surface area (TPSA) is 77.0 Å². The van der Waals surface area contributed by atoms with Gasteiger partial charge in [0.05, 0.1) is 11.8 Å². The molecule has 6 heteroatoms. The maximum Gasteiger partial charge on any atom is 0.344 e. The van der Waals surface area contributed by atoms with Crippen LogP contribution in [-0.4, -0.2) is 24.7 Å². The molecule has 1 N–H and O–H groups in total. The van der Waals surface area contributed by atoms with Crippen molar-refractivity contribution in [1.82, 2.24) is 5.43 Å². The van der Waals surface area contributed by atoms with E-state index >= 15 is 0 Å². The number of ether oxygens (including phenoxy) is 2. The number of hydrogen-bond donors (Lipinski definition) is 1. The Labute approximate surface area is 191 Å². The van der Waals surface area contributed by atoms with E-state index in [-0.39, 0.29) is 12.5 Å². The van der Waals surface area contributed by atoms with Crippen molar-refractivity contribution in [2.45, 2.75) is 6.92 Å². The normalized spacial score (nSPS) is 10.8. The Hall–Kier alpha value is -4.45. The monoisotopic (exact) mass is 438 g/mol. The van der Waals surface area contributed by atoms with E-state index in [1.165, 1.54) is 6.21 Å². The third kappa shape index (κ3) is 5.83. The van der Waals surface area contributed by atoms with Crippen molar-refractivity contribution in [3.05, 3.63) is 108 Å². The molecule has 0 aromatic heterocycles. The molecular weight excluding hydrogens is 416 g/mol. The van der Waals surface area contributed by atoms with E-state index in [4.69, 9.17) is 9.47 Å². The van der Waals surface area contributed by atoms with E-state index in [1.54, 1.807) is 36.4 Å². The van der Waals surface area contributed by atoms with Gasteiger partial charge in [0.15, 0.2) is 6.61 Å². The predicted octanol–water partition coefficient (Wildman–Crippen LogP) is 4.90. The van der Waals surface area contributed by atoms with Gasteiger partial charge in [-0.25, -0.2) is 10.2 Å². The van der Waals surface area contributed by atoms with Crippen LogP contribution in [-0.2, 0) is 4.79 Å². The first kappa shape index (κ1) is 21.8. The van der Waals surface area contributed by atoms with Crippen molar-refractivity contribution < 1.29 is 19.1 Å². The summed E-state index contributed by atoms with van der Waals surface area (Å²) in [6.45, 7) is 1.82. The first-order chi connectivity index (χ1) is 16.1. The lowest BCUT2D eigenvalue weighted by atomic mass is 10.0. The average Bonchev–Trinajstić information content (AvgIpc) is 2.83. The quantitative estimate of drug-likeness (QED) is 0.193. The Balaban J connectivity index is 1.30. The molecule has 0 atom stereocenters. The van der Waals surface area contributed by atoms with E-state index in [0.717, 1.165) is 21.9 Å². The number of nitrogens with zero attached hydrogens (tertiary/aromatic N) is 1. The van der Waals surface area contributed by atoms with Crippen LogP contribution >= 0.6 is 0 Å². The Morgan fingerprint density at radius 2 is 1.64 bits per heavy atom. The molecule has 6 nitrogen and oxygen atoms in total. The van der Waals surface area contributed by atoms with E-state index in [1.807, 2.05) is 61.5 Å². The SMILES string of the molecule is Cc1cccc(OCC(=O)NN=Cc2ccc(OC(=O)c3cccc4ccccc34)cc2)c1. The van der Waals surface area contributed by atoms with E-state index < -0.39 is 5.97 Å². The van der Waals surface area contributed by atoms with Crippen LogP contribution in [0.5, 0.6) is 11.5 Å². The van der Waals surface area contributed by atoms with Gasteiger partial charge in [0.1, 0.15) is 11.5 Å².